The summed E-state index contributed by atoms with van der Waals surface area (Å²) in [7, 11) is 3.31. The molecule has 0 amide bonds. The molecular formula is C12H22N4O3. The molecule has 0 saturated carbocycles. The van der Waals surface area contributed by atoms with Crippen LogP contribution in [0.15, 0.2) is 0 Å². The van der Waals surface area contributed by atoms with Crippen molar-refractivity contribution >= 4 is 11.5 Å². The van der Waals surface area contributed by atoms with Crippen molar-refractivity contribution in [3.05, 3.63) is 15.8 Å². The first-order chi connectivity index (χ1) is 8.82. The molecule has 7 heteroatoms. The number of anilines is 1. The minimum Gasteiger partial charge on any atom is -0.382 e. The summed E-state index contributed by atoms with van der Waals surface area (Å²) in [6.07, 6.45) is 1.41. The van der Waals surface area contributed by atoms with Gasteiger partial charge in [-0.05, 0) is 20.3 Å². The van der Waals surface area contributed by atoms with Crippen LogP contribution in [0.4, 0.5) is 11.5 Å². The zero-order valence-electron chi connectivity index (χ0n) is 12.2. The summed E-state index contributed by atoms with van der Waals surface area (Å²) in [6.45, 7) is 6.26. The number of hydrogen-bond donors (Lipinski definition) is 1. The van der Waals surface area contributed by atoms with Gasteiger partial charge in [0, 0.05) is 14.2 Å². The van der Waals surface area contributed by atoms with Gasteiger partial charge in [0.2, 0.25) is 5.82 Å². The number of ether oxygens (including phenoxy) is 1. The van der Waals surface area contributed by atoms with Crippen molar-refractivity contribution in [1.29, 1.82) is 0 Å². The predicted octanol–water partition coefficient (Wildman–Crippen LogP) is 2.12. The van der Waals surface area contributed by atoms with Crippen LogP contribution in [0.25, 0.3) is 0 Å². The predicted molar refractivity (Wildman–Crippen MR) is 73.4 cm³/mol. The Morgan fingerprint density at radius 2 is 2.16 bits per heavy atom. The SMILES string of the molecule is CCCc1nn(C)c(NC(C)(C)COC)c1[N+](=O)[O-]. The van der Waals surface area contributed by atoms with Crippen molar-refractivity contribution in [2.24, 2.45) is 7.05 Å². The molecule has 0 bridgehead atoms. The number of nitro groups is 1. The Bertz CT molecular complexity index is 454. The summed E-state index contributed by atoms with van der Waals surface area (Å²) in [5.74, 6) is 0.426. The van der Waals surface area contributed by atoms with E-state index >= 15 is 0 Å². The van der Waals surface area contributed by atoms with Crippen LogP contribution in [0.5, 0.6) is 0 Å². The number of rotatable bonds is 7. The molecule has 0 spiro atoms. The van der Waals surface area contributed by atoms with Gasteiger partial charge in [0.25, 0.3) is 0 Å². The zero-order valence-corrected chi connectivity index (χ0v) is 12.2. The molecule has 0 saturated heterocycles. The van der Waals surface area contributed by atoms with Gasteiger partial charge in [-0.1, -0.05) is 13.3 Å². The van der Waals surface area contributed by atoms with Crippen molar-refractivity contribution in [2.75, 3.05) is 19.0 Å². The summed E-state index contributed by atoms with van der Waals surface area (Å²) in [5, 5.41) is 18.6. The number of aromatic nitrogens is 2. The van der Waals surface area contributed by atoms with Crippen LogP contribution in [-0.2, 0) is 18.2 Å². The highest BCUT2D eigenvalue weighted by atomic mass is 16.6. The Morgan fingerprint density at radius 3 is 2.63 bits per heavy atom. The number of nitrogens with one attached hydrogen (secondary N) is 1. The summed E-state index contributed by atoms with van der Waals surface area (Å²) in [5.41, 5.74) is 0.177. The van der Waals surface area contributed by atoms with Gasteiger partial charge in [-0.3, -0.25) is 10.1 Å². The van der Waals surface area contributed by atoms with Gasteiger partial charge < -0.3 is 10.1 Å². The maximum atomic E-state index is 11.3. The molecular weight excluding hydrogens is 248 g/mol. The standard InChI is InChI=1S/C12H22N4O3/c1-6-7-9-10(16(17)18)11(15(4)14-9)13-12(2,3)8-19-5/h13H,6-8H2,1-5H3. The van der Waals surface area contributed by atoms with Crippen molar-refractivity contribution < 1.29 is 9.66 Å². The van der Waals surface area contributed by atoms with Crippen LogP contribution in [0.2, 0.25) is 0 Å². The summed E-state index contributed by atoms with van der Waals surface area (Å²) in [4.78, 5) is 10.9. The van der Waals surface area contributed by atoms with Crippen LogP contribution in [-0.4, -0.2) is 34.0 Å². The Labute approximate surface area is 113 Å². The first-order valence-electron chi connectivity index (χ1n) is 6.29. The Morgan fingerprint density at radius 1 is 1.53 bits per heavy atom. The molecule has 0 radical (unpaired) electrons. The van der Waals surface area contributed by atoms with Crippen molar-refractivity contribution in [1.82, 2.24) is 9.78 Å². The van der Waals surface area contributed by atoms with E-state index in [-0.39, 0.29) is 10.6 Å². The molecule has 0 unspecified atom stereocenters. The second-order valence-corrected chi connectivity index (χ2v) is 5.22. The van der Waals surface area contributed by atoms with E-state index in [0.29, 0.717) is 24.5 Å². The summed E-state index contributed by atoms with van der Waals surface area (Å²) in [6, 6.07) is 0. The third-order valence-corrected chi connectivity index (χ3v) is 2.72. The second-order valence-electron chi connectivity index (χ2n) is 5.22. The third kappa shape index (κ3) is 3.66. The van der Waals surface area contributed by atoms with Gasteiger partial charge in [-0.15, -0.1) is 0 Å². The van der Waals surface area contributed by atoms with Crippen molar-refractivity contribution in [3.8, 4) is 0 Å². The highest BCUT2D eigenvalue weighted by Crippen LogP contribution is 2.31. The number of methoxy groups -OCH3 is 1. The number of nitrogens with zero attached hydrogens (tertiary/aromatic N) is 3. The van der Waals surface area contributed by atoms with E-state index < -0.39 is 5.54 Å². The lowest BCUT2D eigenvalue weighted by molar-refractivity contribution is -0.384. The van der Waals surface area contributed by atoms with Gasteiger partial charge in [0.1, 0.15) is 5.69 Å². The Hall–Kier alpha value is -1.63. The van der Waals surface area contributed by atoms with Gasteiger partial charge in [-0.2, -0.15) is 5.10 Å². The molecule has 19 heavy (non-hydrogen) atoms. The summed E-state index contributed by atoms with van der Waals surface area (Å²) < 4.78 is 6.64. The van der Waals surface area contributed by atoms with E-state index in [1.54, 1.807) is 14.2 Å². The lowest BCUT2D eigenvalue weighted by Gasteiger charge is -2.25. The van der Waals surface area contributed by atoms with E-state index in [2.05, 4.69) is 10.4 Å². The number of aryl methyl sites for hydroxylation is 2. The topological polar surface area (TPSA) is 82.2 Å². The van der Waals surface area contributed by atoms with E-state index in [9.17, 15) is 10.1 Å². The fraction of sp³-hybridized carbons (Fsp3) is 0.750. The van der Waals surface area contributed by atoms with Gasteiger partial charge in [-0.25, -0.2) is 4.68 Å². The zero-order chi connectivity index (χ0) is 14.6. The highest BCUT2D eigenvalue weighted by Gasteiger charge is 2.30. The Kier molecular flexibility index (Phi) is 4.88. The first-order valence-corrected chi connectivity index (χ1v) is 6.29. The average molecular weight is 270 g/mol. The fourth-order valence-corrected chi connectivity index (χ4v) is 2.02. The second kappa shape index (κ2) is 6.01. The van der Waals surface area contributed by atoms with Gasteiger partial charge >= 0.3 is 5.69 Å². The van der Waals surface area contributed by atoms with E-state index in [1.165, 1.54) is 4.68 Å². The van der Waals surface area contributed by atoms with Crippen LogP contribution >= 0.6 is 0 Å². The molecule has 1 rings (SSSR count). The molecule has 0 aliphatic carbocycles. The fourth-order valence-electron chi connectivity index (χ4n) is 2.02. The van der Waals surface area contributed by atoms with Gasteiger partial charge in [0.05, 0.1) is 17.1 Å². The quantitative estimate of drug-likeness (QED) is 0.606. The molecule has 1 aromatic rings. The van der Waals surface area contributed by atoms with Crippen LogP contribution in [0.3, 0.4) is 0 Å². The average Bonchev–Trinajstić information content (AvgIpc) is 2.55. The highest BCUT2D eigenvalue weighted by molar-refractivity contribution is 5.61. The third-order valence-electron chi connectivity index (χ3n) is 2.72. The molecule has 0 aliphatic rings. The smallest absolute Gasteiger partial charge is 0.334 e. The maximum Gasteiger partial charge on any atom is 0.334 e. The molecule has 7 nitrogen and oxygen atoms in total. The molecule has 0 aromatic carbocycles. The molecule has 108 valence electrons. The lowest BCUT2D eigenvalue weighted by Crippen LogP contribution is -2.36. The largest absolute Gasteiger partial charge is 0.382 e. The van der Waals surface area contributed by atoms with Crippen LogP contribution in [0.1, 0.15) is 32.9 Å². The Balaban J connectivity index is 3.15. The lowest BCUT2D eigenvalue weighted by atomic mass is 10.1. The normalized spacial score (nSPS) is 11.6. The van der Waals surface area contributed by atoms with Crippen molar-refractivity contribution in [2.45, 2.75) is 39.2 Å². The van der Waals surface area contributed by atoms with Gasteiger partial charge in [0.15, 0.2) is 0 Å². The van der Waals surface area contributed by atoms with Crippen LogP contribution < -0.4 is 5.32 Å². The van der Waals surface area contributed by atoms with Crippen molar-refractivity contribution in [3.63, 3.8) is 0 Å². The van der Waals surface area contributed by atoms with E-state index in [4.69, 9.17) is 4.74 Å². The minimum absolute atomic E-state index is 0.0635. The molecule has 0 fully saturated rings. The number of hydrogen-bond acceptors (Lipinski definition) is 5. The maximum absolute atomic E-state index is 11.3. The van der Waals surface area contributed by atoms with E-state index in [0.717, 1.165) is 6.42 Å². The molecule has 1 N–H and O–H groups in total. The first kappa shape index (κ1) is 15.4. The molecule has 1 aromatic heterocycles. The summed E-state index contributed by atoms with van der Waals surface area (Å²) >= 11 is 0. The molecule has 1 heterocycles. The molecule has 0 atom stereocenters. The monoisotopic (exact) mass is 270 g/mol. The molecule has 0 aliphatic heterocycles. The minimum atomic E-state index is -0.406. The van der Waals surface area contributed by atoms with E-state index in [1.807, 2.05) is 20.8 Å². The van der Waals surface area contributed by atoms with Crippen LogP contribution in [0, 0.1) is 10.1 Å².